The molecular weight excluding hydrogens is 166 g/mol. The monoisotopic (exact) mass is 177 g/mol. The summed E-state index contributed by atoms with van der Waals surface area (Å²) in [5, 5.41) is 4.20. The Hall–Kier alpha value is -1.71. The SMILES string of the molecule is Cc1ccn(-c2cc(C)c(N)o2)n1. The summed E-state index contributed by atoms with van der Waals surface area (Å²) < 4.78 is 6.96. The minimum atomic E-state index is 0.447. The molecule has 0 saturated heterocycles. The average molecular weight is 177 g/mol. The maximum Gasteiger partial charge on any atom is 0.222 e. The van der Waals surface area contributed by atoms with Crippen molar-refractivity contribution in [3.05, 3.63) is 29.6 Å². The van der Waals surface area contributed by atoms with Crippen molar-refractivity contribution in [2.75, 3.05) is 5.73 Å². The van der Waals surface area contributed by atoms with Gasteiger partial charge in [0.15, 0.2) is 5.88 Å². The second-order valence-electron chi connectivity index (χ2n) is 3.03. The maximum absolute atomic E-state index is 5.58. The molecule has 2 aromatic heterocycles. The van der Waals surface area contributed by atoms with Crippen molar-refractivity contribution < 1.29 is 4.42 Å². The zero-order valence-electron chi connectivity index (χ0n) is 7.61. The Morgan fingerprint density at radius 3 is 2.69 bits per heavy atom. The second kappa shape index (κ2) is 2.65. The van der Waals surface area contributed by atoms with Crippen molar-refractivity contribution in [2.45, 2.75) is 13.8 Å². The molecule has 0 radical (unpaired) electrons. The van der Waals surface area contributed by atoms with Crippen molar-refractivity contribution in [3.63, 3.8) is 0 Å². The number of nitrogens with two attached hydrogens (primary N) is 1. The van der Waals surface area contributed by atoms with Gasteiger partial charge in [0.05, 0.1) is 5.69 Å². The fourth-order valence-electron chi connectivity index (χ4n) is 1.13. The second-order valence-corrected chi connectivity index (χ2v) is 3.03. The van der Waals surface area contributed by atoms with Gasteiger partial charge in [-0.25, -0.2) is 4.68 Å². The summed E-state index contributed by atoms with van der Waals surface area (Å²) in [4.78, 5) is 0. The number of hydrogen-bond acceptors (Lipinski definition) is 3. The van der Waals surface area contributed by atoms with Crippen LogP contribution < -0.4 is 5.73 Å². The van der Waals surface area contributed by atoms with Gasteiger partial charge in [-0.05, 0) is 19.9 Å². The number of nitrogen functional groups attached to an aromatic ring is 1. The van der Waals surface area contributed by atoms with Gasteiger partial charge in [-0.15, -0.1) is 0 Å². The first-order valence-electron chi connectivity index (χ1n) is 4.05. The minimum Gasteiger partial charge on any atom is -0.423 e. The zero-order valence-corrected chi connectivity index (χ0v) is 7.61. The number of aromatic nitrogens is 2. The van der Waals surface area contributed by atoms with Crippen LogP contribution in [0, 0.1) is 13.8 Å². The summed E-state index contributed by atoms with van der Waals surface area (Å²) in [5.74, 6) is 1.10. The summed E-state index contributed by atoms with van der Waals surface area (Å²) in [5.41, 5.74) is 7.46. The standard InChI is InChI=1S/C9H11N3O/c1-6-5-8(13-9(6)10)12-4-3-7(2)11-12/h3-5H,10H2,1-2H3. The van der Waals surface area contributed by atoms with Crippen LogP contribution in [0.3, 0.4) is 0 Å². The number of aryl methyl sites for hydroxylation is 2. The summed E-state index contributed by atoms with van der Waals surface area (Å²) >= 11 is 0. The Morgan fingerprint density at radius 1 is 1.46 bits per heavy atom. The lowest BCUT2D eigenvalue weighted by Crippen LogP contribution is -1.92. The summed E-state index contributed by atoms with van der Waals surface area (Å²) in [6.07, 6.45) is 1.84. The third-order valence-electron chi connectivity index (χ3n) is 1.89. The van der Waals surface area contributed by atoms with E-state index in [1.807, 2.05) is 32.2 Å². The molecule has 4 nitrogen and oxygen atoms in total. The molecule has 2 N–H and O–H groups in total. The van der Waals surface area contributed by atoms with Gasteiger partial charge in [-0.2, -0.15) is 5.10 Å². The number of hydrogen-bond donors (Lipinski definition) is 1. The third kappa shape index (κ3) is 1.30. The van der Waals surface area contributed by atoms with E-state index in [1.165, 1.54) is 0 Å². The van der Waals surface area contributed by atoms with Crippen LogP contribution in [0.25, 0.3) is 5.88 Å². The summed E-state index contributed by atoms with van der Waals surface area (Å²) in [7, 11) is 0. The quantitative estimate of drug-likeness (QED) is 0.720. The molecule has 0 saturated carbocycles. The molecule has 0 bridgehead atoms. The first-order valence-corrected chi connectivity index (χ1v) is 4.05. The van der Waals surface area contributed by atoms with Gasteiger partial charge in [0.1, 0.15) is 0 Å². The molecule has 0 aliphatic carbocycles. The van der Waals surface area contributed by atoms with Crippen LogP contribution in [-0.4, -0.2) is 9.78 Å². The van der Waals surface area contributed by atoms with Crippen molar-refractivity contribution in [3.8, 4) is 5.88 Å². The van der Waals surface area contributed by atoms with Crippen LogP contribution in [-0.2, 0) is 0 Å². The molecule has 4 heteroatoms. The van der Waals surface area contributed by atoms with Crippen molar-refractivity contribution in [2.24, 2.45) is 0 Å². The lowest BCUT2D eigenvalue weighted by molar-refractivity contribution is 0.537. The van der Waals surface area contributed by atoms with E-state index in [4.69, 9.17) is 10.2 Å². The van der Waals surface area contributed by atoms with Crippen LogP contribution in [0.15, 0.2) is 22.7 Å². The lowest BCUT2D eigenvalue weighted by Gasteiger charge is -1.92. The lowest BCUT2D eigenvalue weighted by atomic mass is 10.4. The van der Waals surface area contributed by atoms with Crippen LogP contribution in [0.4, 0.5) is 5.88 Å². The Bertz CT molecular complexity index is 408. The first kappa shape index (κ1) is 7.91. The first-order chi connectivity index (χ1) is 6.16. The smallest absolute Gasteiger partial charge is 0.222 e. The Balaban J connectivity index is 2.46. The largest absolute Gasteiger partial charge is 0.423 e. The van der Waals surface area contributed by atoms with Crippen molar-refractivity contribution >= 4 is 5.88 Å². The fourth-order valence-corrected chi connectivity index (χ4v) is 1.13. The van der Waals surface area contributed by atoms with E-state index < -0.39 is 0 Å². The van der Waals surface area contributed by atoms with Crippen LogP contribution in [0.1, 0.15) is 11.3 Å². The normalized spacial score (nSPS) is 10.6. The predicted molar refractivity (Wildman–Crippen MR) is 49.7 cm³/mol. The van der Waals surface area contributed by atoms with E-state index in [-0.39, 0.29) is 0 Å². The molecule has 2 aromatic rings. The fraction of sp³-hybridized carbons (Fsp3) is 0.222. The van der Waals surface area contributed by atoms with E-state index in [0.29, 0.717) is 11.8 Å². The van der Waals surface area contributed by atoms with Gasteiger partial charge in [0, 0.05) is 17.8 Å². The highest BCUT2D eigenvalue weighted by molar-refractivity contribution is 5.41. The summed E-state index contributed by atoms with van der Waals surface area (Å²) in [6.45, 7) is 3.83. The number of furan rings is 1. The van der Waals surface area contributed by atoms with E-state index in [9.17, 15) is 0 Å². The number of anilines is 1. The Kier molecular flexibility index (Phi) is 1.62. The Morgan fingerprint density at radius 2 is 2.23 bits per heavy atom. The summed E-state index contributed by atoms with van der Waals surface area (Å²) in [6, 6.07) is 3.77. The van der Waals surface area contributed by atoms with Gasteiger partial charge in [-0.1, -0.05) is 0 Å². The van der Waals surface area contributed by atoms with E-state index in [1.54, 1.807) is 4.68 Å². The van der Waals surface area contributed by atoms with Gasteiger partial charge in [-0.3, -0.25) is 0 Å². The topological polar surface area (TPSA) is 57.0 Å². The molecule has 0 atom stereocenters. The molecule has 2 rings (SSSR count). The highest BCUT2D eigenvalue weighted by atomic mass is 16.4. The molecule has 0 amide bonds. The molecule has 2 heterocycles. The molecule has 0 fully saturated rings. The van der Waals surface area contributed by atoms with Crippen LogP contribution in [0.2, 0.25) is 0 Å². The zero-order chi connectivity index (χ0) is 9.42. The molecule has 0 unspecified atom stereocenters. The molecule has 68 valence electrons. The molecule has 13 heavy (non-hydrogen) atoms. The van der Waals surface area contributed by atoms with Crippen LogP contribution in [0.5, 0.6) is 0 Å². The highest BCUT2D eigenvalue weighted by Crippen LogP contribution is 2.19. The average Bonchev–Trinajstić information content (AvgIpc) is 2.61. The van der Waals surface area contributed by atoms with Gasteiger partial charge >= 0.3 is 0 Å². The van der Waals surface area contributed by atoms with Gasteiger partial charge in [0.25, 0.3) is 0 Å². The molecule has 0 aliphatic rings. The predicted octanol–water partition coefficient (Wildman–Crippen LogP) is 1.66. The van der Waals surface area contributed by atoms with E-state index in [2.05, 4.69) is 5.10 Å². The Labute approximate surface area is 76.0 Å². The number of rotatable bonds is 1. The minimum absolute atomic E-state index is 0.447. The van der Waals surface area contributed by atoms with E-state index in [0.717, 1.165) is 11.3 Å². The van der Waals surface area contributed by atoms with E-state index >= 15 is 0 Å². The molecular formula is C9H11N3O. The van der Waals surface area contributed by atoms with Gasteiger partial charge in [0.2, 0.25) is 5.88 Å². The highest BCUT2D eigenvalue weighted by Gasteiger charge is 2.06. The van der Waals surface area contributed by atoms with Crippen LogP contribution >= 0.6 is 0 Å². The number of nitrogens with zero attached hydrogens (tertiary/aromatic N) is 2. The third-order valence-corrected chi connectivity index (χ3v) is 1.89. The maximum atomic E-state index is 5.58. The van der Waals surface area contributed by atoms with Gasteiger partial charge < -0.3 is 10.2 Å². The molecule has 0 aliphatic heterocycles. The van der Waals surface area contributed by atoms with Crippen molar-refractivity contribution in [1.82, 2.24) is 9.78 Å². The molecule has 0 aromatic carbocycles. The molecule has 0 spiro atoms. The van der Waals surface area contributed by atoms with Crippen molar-refractivity contribution in [1.29, 1.82) is 0 Å².